The third kappa shape index (κ3) is 2.64. The Bertz CT molecular complexity index is 246. The molecule has 1 aromatic carbocycles. The molecule has 1 heterocycles. The molecule has 1 fully saturated rings. The van der Waals surface area contributed by atoms with Gasteiger partial charge in [-0.05, 0) is 30.6 Å². The van der Waals surface area contributed by atoms with Gasteiger partial charge >= 0.3 is 0 Å². The van der Waals surface area contributed by atoms with E-state index in [-0.39, 0.29) is 0 Å². The van der Waals surface area contributed by atoms with Crippen LogP contribution in [0.15, 0.2) is 30.3 Å². The predicted octanol–water partition coefficient (Wildman–Crippen LogP) is 2.54. The Morgan fingerprint density at radius 1 is 1.31 bits per heavy atom. The van der Waals surface area contributed by atoms with Gasteiger partial charge in [0.2, 0.25) is 0 Å². The lowest BCUT2D eigenvalue weighted by Gasteiger charge is -2.22. The van der Waals surface area contributed by atoms with Gasteiger partial charge < -0.3 is 9.50 Å². The topological polar surface area (TPSA) is 21.3 Å². The van der Waals surface area contributed by atoms with Gasteiger partial charge in [0.25, 0.3) is 0 Å². The van der Waals surface area contributed by atoms with Crippen LogP contribution in [0.3, 0.4) is 0 Å². The molecule has 2 nitrogen and oxygen atoms in total. The Balaban J connectivity index is 1.90. The third-order valence-corrected chi connectivity index (χ3v) is 2.92. The Hall–Kier alpha value is -0.670. The van der Waals surface area contributed by atoms with Gasteiger partial charge in [0.1, 0.15) is 0 Å². The van der Waals surface area contributed by atoms with E-state index < -0.39 is 0 Å². The van der Waals surface area contributed by atoms with E-state index in [4.69, 9.17) is 4.18 Å². The Labute approximate surface area is 82.9 Å². The minimum Gasteiger partial charge on any atom is -0.381 e. The molecule has 2 rings (SSSR count). The van der Waals surface area contributed by atoms with Crippen LogP contribution in [0, 0.1) is 0 Å². The minimum atomic E-state index is 0.557. The number of benzene rings is 1. The molecule has 1 N–H and O–H groups in total. The second-order valence-electron chi connectivity index (χ2n) is 3.10. The lowest BCUT2D eigenvalue weighted by Crippen LogP contribution is -2.27. The van der Waals surface area contributed by atoms with Crippen LogP contribution in [-0.2, 0) is 4.18 Å². The maximum Gasteiger partial charge on any atom is 0.0633 e. The summed E-state index contributed by atoms with van der Waals surface area (Å²) in [6, 6.07) is 10.9. The van der Waals surface area contributed by atoms with Crippen molar-refractivity contribution >= 4 is 17.7 Å². The number of para-hydroxylation sites is 1. The smallest absolute Gasteiger partial charge is 0.0633 e. The summed E-state index contributed by atoms with van der Waals surface area (Å²) in [6.45, 7) is 0.856. The molecule has 0 aliphatic carbocycles. The number of anilines is 1. The zero-order valence-corrected chi connectivity index (χ0v) is 8.22. The van der Waals surface area contributed by atoms with Gasteiger partial charge in [0.15, 0.2) is 0 Å². The van der Waals surface area contributed by atoms with Crippen LogP contribution in [0.2, 0.25) is 0 Å². The molecule has 13 heavy (non-hydrogen) atoms. The third-order valence-electron chi connectivity index (χ3n) is 2.05. The molecule has 1 aliphatic rings. The molecule has 1 unspecified atom stereocenters. The van der Waals surface area contributed by atoms with E-state index >= 15 is 0 Å². The fraction of sp³-hybridized carbons (Fsp3) is 0.400. The highest BCUT2D eigenvalue weighted by atomic mass is 32.2. The first kappa shape index (κ1) is 8.91. The number of rotatable bonds is 2. The van der Waals surface area contributed by atoms with Gasteiger partial charge in [-0.1, -0.05) is 18.2 Å². The van der Waals surface area contributed by atoms with Gasteiger partial charge in [-0.15, -0.1) is 0 Å². The van der Waals surface area contributed by atoms with Crippen LogP contribution in [-0.4, -0.2) is 18.4 Å². The van der Waals surface area contributed by atoms with Crippen molar-refractivity contribution in [3.05, 3.63) is 30.3 Å². The van der Waals surface area contributed by atoms with Gasteiger partial charge in [-0.25, -0.2) is 0 Å². The molecule has 0 saturated carbocycles. The molecule has 1 saturated heterocycles. The second kappa shape index (κ2) is 4.53. The van der Waals surface area contributed by atoms with Crippen LogP contribution in [0.25, 0.3) is 0 Å². The van der Waals surface area contributed by atoms with Gasteiger partial charge in [0, 0.05) is 17.5 Å². The van der Waals surface area contributed by atoms with Gasteiger partial charge in [-0.3, -0.25) is 0 Å². The lowest BCUT2D eigenvalue weighted by molar-refractivity contribution is 0.337. The van der Waals surface area contributed by atoms with E-state index in [1.807, 2.05) is 6.07 Å². The molecule has 3 heteroatoms. The van der Waals surface area contributed by atoms with Crippen LogP contribution >= 0.6 is 12.0 Å². The molecule has 0 spiro atoms. The highest BCUT2D eigenvalue weighted by Crippen LogP contribution is 2.18. The maximum absolute atomic E-state index is 5.21. The molecule has 0 radical (unpaired) electrons. The van der Waals surface area contributed by atoms with Crippen LogP contribution < -0.4 is 5.32 Å². The van der Waals surface area contributed by atoms with Crippen molar-refractivity contribution in [1.82, 2.24) is 0 Å². The zero-order chi connectivity index (χ0) is 8.93. The highest BCUT2D eigenvalue weighted by Gasteiger charge is 2.13. The largest absolute Gasteiger partial charge is 0.381 e. The molecule has 70 valence electrons. The normalized spacial score (nSPS) is 22.6. The summed E-state index contributed by atoms with van der Waals surface area (Å²) >= 11 is 1.56. The number of hydrogen-bond acceptors (Lipinski definition) is 3. The fourth-order valence-corrected chi connectivity index (χ4v) is 2.07. The molecule has 0 bridgehead atoms. The summed E-state index contributed by atoms with van der Waals surface area (Å²) < 4.78 is 5.21. The standard InChI is InChI=1S/C10H13NOS/c1-2-4-9(5-3-1)11-10-6-7-12-13-8-10/h1-5,10-11H,6-8H2. The fourth-order valence-electron chi connectivity index (χ4n) is 1.35. The Morgan fingerprint density at radius 2 is 2.15 bits per heavy atom. The van der Waals surface area contributed by atoms with E-state index in [0.29, 0.717) is 6.04 Å². The molecule has 0 aromatic heterocycles. The second-order valence-corrected chi connectivity index (χ2v) is 3.91. The monoisotopic (exact) mass is 195 g/mol. The molecule has 0 amide bonds. The van der Waals surface area contributed by atoms with Crippen molar-refractivity contribution in [3.8, 4) is 0 Å². The molecule has 1 atom stereocenters. The van der Waals surface area contributed by atoms with E-state index in [2.05, 4.69) is 29.6 Å². The summed E-state index contributed by atoms with van der Waals surface area (Å²) in [5.41, 5.74) is 1.20. The minimum absolute atomic E-state index is 0.557. The van der Waals surface area contributed by atoms with Gasteiger partial charge in [-0.2, -0.15) is 0 Å². The lowest BCUT2D eigenvalue weighted by atomic mass is 10.2. The van der Waals surface area contributed by atoms with E-state index in [1.165, 1.54) is 5.69 Å². The molecule has 1 aliphatic heterocycles. The van der Waals surface area contributed by atoms with Crippen LogP contribution in [0.4, 0.5) is 5.69 Å². The van der Waals surface area contributed by atoms with E-state index in [1.54, 1.807) is 12.0 Å². The summed E-state index contributed by atoms with van der Waals surface area (Å²) in [5.74, 6) is 1.04. The van der Waals surface area contributed by atoms with Crippen LogP contribution in [0.1, 0.15) is 6.42 Å². The highest BCUT2D eigenvalue weighted by molar-refractivity contribution is 7.94. The Morgan fingerprint density at radius 3 is 2.85 bits per heavy atom. The maximum atomic E-state index is 5.21. The van der Waals surface area contributed by atoms with E-state index in [9.17, 15) is 0 Å². The summed E-state index contributed by atoms with van der Waals surface area (Å²) in [5, 5.41) is 3.48. The average molecular weight is 195 g/mol. The first-order valence-corrected chi connectivity index (χ1v) is 5.42. The van der Waals surface area contributed by atoms with Crippen molar-refractivity contribution < 1.29 is 4.18 Å². The van der Waals surface area contributed by atoms with Crippen molar-refractivity contribution in [2.75, 3.05) is 17.7 Å². The molecular weight excluding hydrogens is 182 g/mol. The van der Waals surface area contributed by atoms with E-state index in [0.717, 1.165) is 18.8 Å². The zero-order valence-electron chi connectivity index (χ0n) is 7.40. The quantitative estimate of drug-likeness (QED) is 0.733. The van der Waals surface area contributed by atoms with Crippen molar-refractivity contribution in [2.45, 2.75) is 12.5 Å². The number of nitrogens with one attached hydrogen (secondary N) is 1. The summed E-state index contributed by atoms with van der Waals surface area (Å²) in [4.78, 5) is 0. The molecular formula is C10H13NOS. The first-order chi connectivity index (χ1) is 6.45. The van der Waals surface area contributed by atoms with Crippen molar-refractivity contribution in [2.24, 2.45) is 0 Å². The van der Waals surface area contributed by atoms with Crippen molar-refractivity contribution in [3.63, 3.8) is 0 Å². The molecule has 1 aromatic rings. The number of hydrogen-bond donors (Lipinski definition) is 1. The SMILES string of the molecule is c1ccc(NC2CCOSC2)cc1. The summed E-state index contributed by atoms with van der Waals surface area (Å²) in [7, 11) is 0. The predicted molar refractivity (Wildman–Crippen MR) is 56.9 cm³/mol. The van der Waals surface area contributed by atoms with Crippen LogP contribution in [0.5, 0.6) is 0 Å². The average Bonchev–Trinajstić information content (AvgIpc) is 2.21. The Kier molecular flexibility index (Phi) is 3.11. The van der Waals surface area contributed by atoms with Crippen molar-refractivity contribution in [1.29, 1.82) is 0 Å². The van der Waals surface area contributed by atoms with Gasteiger partial charge in [0.05, 0.1) is 6.61 Å². The summed E-state index contributed by atoms with van der Waals surface area (Å²) in [6.07, 6.45) is 1.10. The first-order valence-electron chi connectivity index (χ1n) is 4.51.